The molecule has 1 aromatic heterocycles. The van der Waals surface area contributed by atoms with E-state index < -0.39 is 0 Å². The molecule has 0 bridgehead atoms. The van der Waals surface area contributed by atoms with Crippen molar-refractivity contribution in [3.05, 3.63) is 77.6 Å². The van der Waals surface area contributed by atoms with Crippen LogP contribution in [0.4, 0.5) is 0 Å². The van der Waals surface area contributed by atoms with E-state index in [1.54, 1.807) is 4.68 Å². The highest BCUT2D eigenvalue weighted by Crippen LogP contribution is 2.22. The van der Waals surface area contributed by atoms with E-state index in [9.17, 15) is 9.59 Å². The maximum atomic E-state index is 12.3. The Morgan fingerprint density at radius 1 is 1.04 bits per heavy atom. The molecule has 144 valence electrons. The highest BCUT2D eigenvalue weighted by Gasteiger charge is 2.11. The highest BCUT2D eigenvalue weighted by atomic mass is 16.2. The summed E-state index contributed by atoms with van der Waals surface area (Å²) in [6.45, 7) is 2.50. The third-order valence-electron chi connectivity index (χ3n) is 4.77. The summed E-state index contributed by atoms with van der Waals surface area (Å²) in [5.74, 6) is -0.131. The van der Waals surface area contributed by atoms with Crippen LogP contribution in [0, 0.1) is 0 Å². The van der Waals surface area contributed by atoms with Crippen molar-refractivity contribution in [2.75, 3.05) is 0 Å². The van der Waals surface area contributed by atoms with Crippen molar-refractivity contribution < 1.29 is 9.59 Å². The topological polar surface area (TPSA) is 64.0 Å². The molecule has 2 aromatic carbocycles. The first kappa shape index (κ1) is 19.5. The van der Waals surface area contributed by atoms with Crippen LogP contribution < -0.4 is 5.32 Å². The van der Waals surface area contributed by atoms with Crippen molar-refractivity contribution in [1.82, 2.24) is 15.1 Å². The lowest BCUT2D eigenvalue weighted by atomic mass is 10.0. The number of carbonyl (C=O) groups excluding carboxylic acids is 2. The zero-order chi connectivity index (χ0) is 19.9. The van der Waals surface area contributed by atoms with Gasteiger partial charge in [0.1, 0.15) is 0 Å². The Bertz CT molecular complexity index is 958. The van der Waals surface area contributed by atoms with Gasteiger partial charge in [-0.25, -0.2) is 0 Å². The monoisotopic (exact) mass is 375 g/mol. The Morgan fingerprint density at radius 2 is 1.79 bits per heavy atom. The van der Waals surface area contributed by atoms with Crippen LogP contribution in [0.3, 0.4) is 0 Å². The quantitative estimate of drug-likeness (QED) is 0.607. The second kappa shape index (κ2) is 9.13. The summed E-state index contributed by atoms with van der Waals surface area (Å²) in [7, 11) is 1.88. The molecule has 0 spiro atoms. The molecule has 0 aliphatic carbocycles. The van der Waals surface area contributed by atoms with Crippen molar-refractivity contribution in [2.24, 2.45) is 7.05 Å². The van der Waals surface area contributed by atoms with Crippen molar-refractivity contribution >= 4 is 11.7 Å². The molecule has 0 atom stereocenters. The SMILES string of the molecule is CCc1ccc(C(=O)CCC(=O)NCc2ccccc2-c2cnn(C)c2)cc1. The lowest BCUT2D eigenvalue weighted by Crippen LogP contribution is -2.23. The molecular formula is C23H25N3O2. The maximum Gasteiger partial charge on any atom is 0.220 e. The van der Waals surface area contributed by atoms with Crippen molar-refractivity contribution in [3.63, 3.8) is 0 Å². The molecule has 5 nitrogen and oxygen atoms in total. The fraction of sp³-hybridized carbons (Fsp3) is 0.261. The zero-order valence-electron chi connectivity index (χ0n) is 16.3. The number of aryl methyl sites for hydroxylation is 2. The summed E-state index contributed by atoms with van der Waals surface area (Å²) in [5.41, 5.74) is 4.93. The lowest BCUT2D eigenvalue weighted by molar-refractivity contribution is -0.121. The van der Waals surface area contributed by atoms with Crippen LogP contribution in [-0.2, 0) is 24.8 Å². The van der Waals surface area contributed by atoms with E-state index in [2.05, 4.69) is 17.3 Å². The van der Waals surface area contributed by atoms with Gasteiger partial charge in [0.15, 0.2) is 5.78 Å². The molecule has 0 aliphatic rings. The van der Waals surface area contributed by atoms with Gasteiger partial charge in [0.2, 0.25) is 5.91 Å². The van der Waals surface area contributed by atoms with Gasteiger partial charge in [-0.05, 0) is 23.1 Å². The van der Waals surface area contributed by atoms with Gasteiger partial charge in [-0.2, -0.15) is 5.10 Å². The molecule has 0 fully saturated rings. The summed E-state index contributed by atoms with van der Waals surface area (Å²) < 4.78 is 1.75. The van der Waals surface area contributed by atoms with Gasteiger partial charge in [-0.3, -0.25) is 14.3 Å². The van der Waals surface area contributed by atoms with Crippen LogP contribution in [-0.4, -0.2) is 21.5 Å². The van der Waals surface area contributed by atoms with Gasteiger partial charge in [0.25, 0.3) is 0 Å². The Kier molecular flexibility index (Phi) is 6.37. The molecule has 0 aliphatic heterocycles. The molecule has 3 rings (SSSR count). The zero-order valence-corrected chi connectivity index (χ0v) is 16.3. The van der Waals surface area contributed by atoms with Gasteiger partial charge in [-0.1, -0.05) is 55.5 Å². The normalized spacial score (nSPS) is 10.6. The molecule has 3 aromatic rings. The molecule has 0 saturated carbocycles. The number of ketones is 1. The fourth-order valence-electron chi connectivity index (χ4n) is 3.10. The number of nitrogens with one attached hydrogen (secondary N) is 1. The van der Waals surface area contributed by atoms with E-state index in [1.807, 2.05) is 68.0 Å². The summed E-state index contributed by atoms with van der Waals surface area (Å²) in [4.78, 5) is 24.5. The number of amides is 1. The predicted octanol–water partition coefficient (Wildman–Crippen LogP) is 3.93. The fourth-order valence-corrected chi connectivity index (χ4v) is 3.10. The molecule has 1 heterocycles. The summed E-state index contributed by atoms with van der Waals surface area (Å²) in [6.07, 6.45) is 5.09. The number of nitrogens with zero attached hydrogens (tertiary/aromatic N) is 2. The highest BCUT2D eigenvalue weighted by molar-refractivity contribution is 5.98. The Morgan fingerprint density at radius 3 is 2.46 bits per heavy atom. The van der Waals surface area contributed by atoms with E-state index in [1.165, 1.54) is 5.56 Å². The van der Waals surface area contributed by atoms with E-state index in [0.29, 0.717) is 12.1 Å². The average molecular weight is 375 g/mol. The number of hydrogen-bond acceptors (Lipinski definition) is 3. The van der Waals surface area contributed by atoms with Crippen molar-refractivity contribution in [2.45, 2.75) is 32.7 Å². The molecule has 28 heavy (non-hydrogen) atoms. The second-order valence-corrected chi connectivity index (χ2v) is 6.81. The molecule has 5 heteroatoms. The number of carbonyl (C=O) groups is 2. The second-order valence-electron chi connectivity index (χ2n) is 6.81. The predicted molar refractivity (Wildman–Crippen MR) is 110 cm³/mol. The van der Waals surface area contributed by atoms with Gasteiger partial charge >= 0.3 is 0 Å². The molecule has 0 radical (unpaired) electrons. The minimum atomic E-state index is -0.125. The van der Waals surface area contributed by atoms with Gasteiger partial charge in [-0.15, -0.1) is 0 Å². The van der Waals surface area contributed by atoms with Crippen LogP contribution in [0.25, 0.3) is 11.1 Å². The van der Waals surface area contributed by atoms with Crippen LogP contribution in [0.2, 0.25) is 0 Å². The maximum absolute atomic E-state index is 12.3. The summed E-state index contributed by atoms with van der Waals surface area (Å²) >= 11 is 0. The summed E-state index contributed by atoms with van der Waals surface area (Å²) in [5, 5.41) is 7.13. The van der Waals surface area contributed by atoms with E-state index >= 15 is 0 Å². The van der Waals surface area contributed by atoms with Crippen LogP contribution in [0.1, 0.15) is 41.3 Å². The summed E-state index contributed by atoms with van der Waals surface area (Å²) in [6, 6.07) is 15.5. The molecule has 1 amide bonds. The molecular weight excluding hydrogens is 350 g/mol. The number of hydrogen-bond donors (Lipinski definition) is 1. The molecule has 0 unspecified atom stereocenters. The number of Topliss-reactive ketones (excluding diaryl/α,β-unsaturated/α-hetero) is 1. The largest absolute Gasteiger partial charge is 0.352 e. The Labute approximate surface area is 165 Å². The van der Waals surface area contributed by atoms with Crippen LogP contribution in [0.5, 0.6) is 0 Å². The third-order valence-corrected chi connectivity index (χ3v) is 4.77. The smallest absolute Gasteiger partial charge is 0.220 e. The first-order chi connectivity index (χ1) is 13.6. The van der Waals surface area contributed by atoms with Gasteiger partial charge in [0, 0.05) is 43.8 Å². The van der Waals surface area contributed by atoms with Gasteiger partial charge in [0.05, 0.1) is 6.20 Å². The first-order valence-corrected chi connectivity index (χ1v) is 9.52. The molecule has 0 saturated heterocycles. The molecule has 1 N–H and O–H groups in total. The van der Waals surface area contributed by atoms with Crippen LogP contribution in [0.15, 0.2) is 60.9 Å². The third kappa shape index (κ3) is 4.94. The Hall–Kier alpha value is -3.21. The van der Waals surface area contributed by atoms with Gasteiger partial charge < -0.3 is 5.32 Å². The number of rotatable bonds is 8. The van der Waals surface area contributed by atoms with E-state index in [-0.39, 0.29) is 24.5 Å². The number of benzene rings is 2. The standard InChI is InChI=1S/C23H25N3O2/c1-3-17-8-10-18(11-9-17)22(27)12-13-23(28)24-14-19-6-4-5-7-21(19)20-15-25-26(2)16-20/h4-11,15-16H,3,12-14H2,1-2H3,(H,24,28). The average Bonchev–Trinajstić information content (AvgIpc) is 3.16. The van der Waals surface area contributed by atoms with Crippen LogP contribution >= 0.6 is 0 Å². The van der Waals surface area contributed by atoms with E-state index in [0.717, 1.165) is 23.1 Å². The number of aromatic nitrogens is 2. The van der Waals surface area contributed by atoms with Crippen molar-refractivity contribution in [1.29, 1.82) is 0 Å². The minimum Gasteiger partial charge on any atom is -0.352 e. The van der Waals surface area contributed by atoms with Crippen molar-refractivity contribution in [3.8, 4) is 11.1 Å². The Balaban J connectivity index is 1.54. The first-order valence-electron chi connectivity index (χ1n) is 9.52. The lowest BCUT2D eigenvalue weighted by Gasteiger charge is -2.09. The van der Waals surface area contributed by atoms with E-state index in [4.69, 9.17) is 0 Å². The minimum absolute atomic E-state index is 0.00596.